The fourth-order valence-electron chi connectivity index (χ4n) is 3.23. The van der Waals surface area contributed by atoms with Crippen molar-refractivity contribution >= 4 is 5.91 Å². The van der Waals surface area contributed by atoms with Crippen molar-refractivity contribution in [1.29, 1.82) is 0 Å². The third kappa shape index (κ3) is 5.11. The first kappa shape index (κ1) is 16.5. The first-order valence-electron chi connectivity index (χ1n) is 8.24. The fourth-order valence-corrected chi connectivity index (χ4v) is 3.23. The molecule has 4 heteroatoms. The zero-order chi connectivity index (χ0) is 15.3. The first-order valence-corrected chi connectivity index (χ1v) is 8.24. The van der Waals surface area contributed by atoms with E-state index < -0.39 is 0 Å². The summed E-state index contributed by atoms with van der Waals surface area (Å²) in [4.78, 5) is 14.5. The van der Waals surface area contributed by atoms with Gasteiger partial charge in [0.2, 0.25) is 5.91 Å². The Balaban J connectivity index is 1.75. The van der Waals surface area contributed by atoms with Crippen molar-refractivity contribution < 1.29 is 9.53 Å². The van der Waals surface area contributed by atoms with Crippen LogP contribution in [0.2, 0.25) is 0 Å². The highest BCUT2D eigenvalue weighted by molar-refractivity contribution is 5.76. The van der Waals surface area contributed by atoms with Crippen molar-refractivity contribution in [3.05, 3.63) is 11.6 Å². The van der Waals surface area contributed by atoms with Crippen molar-refractivity contribution in [3.8, 4) is 0 Å². The summed E-state index contributed by atoms with van der Waals surface area (Å²) in [6.45, 7) is 10.9. The molecule has 4 nitrogen and oxygen atoms in total. The highest BCUT2D eigenvalue weighted by Gasteiger charge is 2.31. The van der Waals surface area contributed by atoms with Gasteiger partial charge in [0.1, 0.15) is 0 Å². The second kappa shape index (κ2) is 7.41. The zero-order valence-electron chi connectivity index (χ0n) is 13.8. The van der Waals surface area contributed by atoms with E-state index in [2.05, 4.69) is 37.1 Å². The summed E-state index contributed by atoms with van der Waals surface area (Å²) < 4.78 is 5.33. The molecule has 0 aromatic rings. The lowest BCUT2D eigenvalue weighted by Gasteiger charge is -2.37. The van der Waals surface area contributed by atoms with E-state index in [4.69, 9.17) is 4.74 Å². The third-order valence-corrected chi connectivity index (χ3v) is 4.88. The molecule has 0 radical (unpaired) electrons. The van der Waals surface area contributed by atoms with Crippen molar-refractivity contribution in [2.75, 3.05) is 32.8 Å². The maximum atomic E-state index is 12.2. The number of nitrogens with zero attached hydrogens (tertiary/aromatic N) is 1. The van der Waals surface area contributed by atoms with Gasteiger partial charge in [0.15, 0.2) is 0 Å². The number of carbonyl (C=O) groups excluding carboxylic acids is 1. The molecular formula is C17H30N2O2. The van der Waals surface area contributed by atoms with E-state index in [1.165, 1.54) is 12.0 Å². The van der Waals surface area contributed by atoms with Crippen molar-refractivity contribution in [2.24, 2.45) is 5.92 Å². The number of hydrogen-bond donors (Lipinski definition) is 1. The summed E-state index contributed by atoms with van der Waals surface area (Å²) in [5, 5.41) is 3.25. The van der Waals surface area contributed by atoms with Crippen LogP contribution in [0.5, 0.6) is 0 Å². The molecule has 1 fully saturated rings. The highest BCUT2D eigenvalue weighted by atomic mass is 16.5. The van der Waals surface area contributed by atoms with Gasteiger partial charge in [0.05, 0.1) is 13.2 Å². The number of hydrogen-bond acceptors (Lipinski definition) is 3. The second-order valence-electron chi connectivity index (χ2n) is 7.00. The van der Waals surface area contributed by atoms with Crippen LogP contribution in [-0.2, 0) is 9.53 Å². The summed E-state index contributed by atoms with van der Waals surface area (Å²) in [5.74, 6) is 0.728. The molecule has 1 aliphatic carbocycles. The van der Waals surface area contributed by atoms with Gasteiger partial charge in [-0.1, -0.05) is 11.6 Å². The molecule has 21 heavy (non-hydrogen) atoms. The summed E-state index contributed by atoms with van der Waals surface area (Å²) in [7, 11) is 0. The summed E-state index contributed by atoms with van der Waals surface area (Å²) in [5.41, 5.74) is 1.37. The average Bonchev–Trinajstić information content (AvgIpc) is 2.46. The van der Waals surface area contributed by atoms with Crippen LogP contribution in [0, 0.1) is 5.92 Å². The second-order valence-corrected chi connectivity index (χ2v) is 7.00. The average molecular weight is 294 g/mol. The minimum Gasteiger partial charge on any atom is -0.379 e. The highest BCUT2D eigenvalue weighted by Crippen LogP contribution is 2.31. The first-order chi connectivity index (χ1) is 9.97. The minimum absolute atomic E-state index is 0.112. The van der Waals surface area contributed by atoms with Crippen LogP contribution in [0.25, 0.3) is 0 Å². The SMILES string of the molecule is CC1=CCC(C(C)(C)NC(=O)CCN2CCOCC2)CC1. The van der Waals surface area contributed by atoms with Crippen molar-refractivity contribution in [3.63, 3.8) is 0 Å². The molecule has 1 heterocycles. The molecule has 2 rings (SSSR count). The maximum Gasteiger partial charge on any atom is 0.221 e. The number of allylic oxidation sites excluding steroid dienone is 2. The van der Waals surface area contributed by atoms with Crippen LogP contribution >= 0.6 is 0 Å². The van der Waals surface area contributed by atoms with Gasteiger partial charge in [-0.15, -0.1) is 0 Å². The lowest BCUT2D eigenvalue weighted by molar-refractivity contribution is -0.123. The Morgan fingerprint density at radius 3 is 2.76 bits per heavy atom. The Kier molecular flexibility index (Phi) is 5.82. The molecule has 0 saturated carbocycles. The van der Waals surface area contributed by atoms with E-state index in [9.17, 15) is 4.79 Å². The number of ether oxygens (including phenoxy) is 1. The lowest BCUT2D eigenvalue weighted by atomic mass is 9.77. The molecule has 1 aliphatic heterocycles. The molecule has 1 amide bonds. The standard InChI is InChI=1S/C17H30N2O2/c1-14-4-6-15(7-5-14)17(2,3)18-16(20)8-9-19-10-12-21-13-11-19/h4,15H,5-13H2,1-3H3,(H,18,20). The molecule has 1 N–H and O–H groups in total. The number of amides is 1. The molecule has 0 aromatic heterocycles. The molecule has 0 bridgehead atoms. The summed E-state index contributed by atoms with van der Waals surface area (Å²) >= 11 is 0. The Bertz CT molecular complexity index is 384. The summed E-state index contributed by atoms with van der Waals surface area (Å²) in [6, 6.07) is 0. The fraction of sp³-hybridized carbons (Fsp3) is 0.824. The quantitative estimate of drug-likeness (QED) is 0.791. The molecular weight excluding hydrogens is 264 g/mol. The van der Waals surface area contributed by atoms with Crippen molar-refractivity contribution in [2.45, 2.75) is 52.0 Å². The summed E-state index contributed by atoms with van der Waals surface area (Å²) in [6.07, 6.45) is 6.35. The van der Waals surface area contributed by atoms with Crippen LogP contribution in [0.4, 0.5) is 0 Å². The van der Waals surface area contributed by atoms with Gasteiger partial charge in [-0.25, -0.2) is 0 Å². The van der Waals surface area contributed by atoms with Crippen LogP contribution in [-0.4, -0.2) is 49.2 Å². The maximum absolute atomic E-state index is 12.2. The Hall–Kier alpha value is -0.870. The zero-order valence-corrected chi connectivity index (χ0v) is 13.8. The largest absolute Gasteiger partial charge is 0.379 e. The van der Waals surface area contributed by atoms with Gasteiger partial charge >= 0.3 is 0 Å². The molecule has 120 valence electrons. The van der Waals surface area contributed by atoms with E-state index in [0.717, 1.165) is 45.7 Å². The topological polar surface area (TPSA) is 41.6 Å². The number of morpholine rings is 1. The van der Waals surface area contributed by atoms with Gasteiger partial charge in [0.25, 0.3) is 0 Å². The van der Waals surface area contributed by atoms with Gasteiger partial charge in [-0.05, 0) is 46.0 Å². The Morgan fingerprint density at radius 1 is 1.43 bits per heavy atom. The third-order valence-electron chi connectivity index (χ3n) is 4.88. The van der Waals surface area contributed by atoms with E-state index in [1.54, 1.807) is 0 Å². The van der Waals surface area contributed by atoms with E-state index in [1.807, 2.05) is 0 Å². The van der Waals surface area contributed by atoms with Gasteiger partial charge in [-0.2, -0.15) is 0 Å². The van der Waals surface area contributed by atoms with Crippen LogP contribution in [0.3, 0.4) is 0 Å². The van der Waals surface area contributed by atoms with Crippen LogP contribution < -0.4 is 5.32 Å². The molecule has 0 spiro atoms. The van der Waals surface area contributed by atoms with Crippen molar-refractivity contribution in [1.82, 2.24) is 10.2 Å². The van der Waals surface area contributed by atoms with Crippen LogP contribution in [0.1, 0.15) is 46.5 Å². The number of carbonyl (C=O) groups is 1. The normalized spacial score (nSPS) is 24.5. The van der Waals surface area contributed by atoms with Crippen LogP contribution in [0.15, 0.2) is 11.6 Å². The Labute approximate surface area is 128 Å². The monoisotopic (exact) mass is 294 g/mol. The van der Waals surface area contributed by atoms with E-state index >= 15 is 0 Å². The van der Waals surface area contributed by atoms with E-state index in [0.29, 0.717) is 12.3 Å². The van der Waals surface area contributed by atoms with Gasteiger partial charge in [0, 0.05) is 31.6 Å². The number of rotatable bonds is 5. The minimum atomic E-state index is -0.112. The lowest BCUT2D eigenvalue weighted by Crippen LogP contribution is -2.50. The predicted octanol–water partition coefficient (Wildman–Crippen LogP) is 2.35. The Morgan fingerprint density at radius 2 is 2.14 bits per heavy atom. The van der Waals surface area contributed by atoms with Gasteiger partial charge in [-0.3, -0.25) is 9.69 Å². The van der Waals surface area contributed by atoms with E-state index in [-0.39, 0.29) is 11.4 Å². The van der Waals surface area contributed by atoms with Gasteiger partial charge < -0.3 is 10.1 Å². The molecule has 1 atom stereocenters. The molecule has 2 aliphatic rings. The number of nitrogens with one attached hydrogen (secondary N) is 1. The predicted molar refractivity (Wildman–Crippen MR) is 85.2 cm³/mol. The molecule has 1 unspecified atom stereocenters. The molecule has 0 aromatic carbocycles. The smallest absolute Gasteiger partial charge is 0.221 e. The molecule has 1 saturated heterocycles.